The van der Waals surface area contributed by atoms with Crippen LogP contribution in [0.2, 0.25) is 10.0 Å². The molecule has 1 aromatic carbocycles. The average Bonchev–Trinajstić information content (AvgIpc) is 2.56. The fourth-order valence-electron chi connectivity index (χ4n) is 2.90. The fourth-order valence-corrected chi connectivity index (χ4v) is 4.64. The summed E-state index contributed by atoms with van der Waals surface area (Å²) in [4.78, 5) is 0. The van der Waals surface area contributed by atoms with E-state index in [1.54, 1.807) is 6.07 Å². The SMILES string of the molecule is COCCS(=O)(=O)N1CCC(C(N)c2cc(Cl)c(Cl)cc2O)CC1. The van der Waals surface area contributed by atoms with Crippen molar-refractivity contribution in [2.75, 3.05) is 32.6 Å². The number of hydrogen-bond donors (Lipinski definition) is 2. The molecule has 1 aromatic rings. The van der Waals surface area contributed by atoms with Gasteiger partial charge in [-0.05, 0) is 24.8 Å². The minimum absolute atomic E-state index is 0.00652. The number of methoxy groups -OCH3 is 1. The molecule has 0 saturated carbocycles. The molecular weight excluding hydrogens is 375 g/mol. The van der Waals surface area contributed by atoms with Crippen LogP contribution in [0.5, 0.6) is 5.75 Å². The molecule has 1 unspecified atom stereocenters. The zero-order chi connectivity index (χ0) is 17.9. The van der Waals surface area contributed by atoms with E-state index in [1.165, 1.54) is 17.5 Å². The summed E-state index contributed by atoms with van der Waals surface area (Å²) >= 11 is 11.9. The minimum atomic E-state index is -3.30. The molecule has 0 spiro atoms. The molecule has 1 atom stereocenters. The molecular formula is C15H22Cl2N2O4S. The lowest BCUT2D eigenvalue weighted by atomic mass is 9.86. The van der Waals surface area contributed by atoms with E-state index < -0.39 is 16.1 Å². The van der Waals surface area contributed by atoms with Gasteiger partial charge in [-0.15, -0.1) is 0 Å². The molecule has 0 radical (unpaired) electrons. The zero-order valence-electron chi connectivity index (χ0n) is 13.4. The molecule has 3 N–H and O–H groups in total. The second kappa shape index (κ2) is 8.21. The predicted octanol–water partition coefficient (Wildman–Crippen LogP) is 2.39. The van der Waals surface area contributed by atoms with E-state index in [-0.39, 0.29) is 29.0 Å². The summed E-state index contributed by atoms with van der Waals surface area (Å²) in [6.07, 6.45) is 1.24. The molecule has 0 amide bonds. The molecule has 136 valence electrons. The van der Waals surface area contributed by atoms with E-state index in [4.69, 9.17) is 33.7 Å². The smallest absolute Gasteiger partial charge is 0.216 e. The number of benzene rings is 1. The van der Waals surface area contributed by atoms with Crippen LogP contribution in [-0.2, 0) is 14.8 Å². The van der Waals surface area contributed by atoms with Crippen LogP contribution in [0.15, 0.2) is 12.1 Å². The van der Waals surface area contributed by atoms with Gasteiger partial charge < -0.3 is 15.6 Å². The van der Waals surface area contributed by atoms with Crippen LogP contribution in [0.3, 0.4) is 0 Å². The van der Waals surface area contributed by atoms with Crippen molar-refractivity contribution in [3.05, 3.63) is 27.7 Å². The first kappa shape index (κ1) is 19.8. The van der Waals surface area contributed by atoms with E-state index in [0.717, 1.165) is 0 Å². The van der Waals surface area contributed by atoms with Crippen molar-refractivity contribution in [3.63, 3.8) is 0 Å². The van der Waals surface area contributed by atoms with Gasteiger partial charge in [0.25, 0.3) is 0 Å². The van der Waals surface area contributed by atoms with Gasteiger partial charge in [-0.2, -0.15) is 0 Å². The van der Waals surface area contributed by atoms with Crippen LogP contribution in [0.1, 0.15) is 24.4 Å². The van der Waals surface area contributed by atoms with Crippen LogP contribution in [0.25, 0.3) is 0 Å². The number of phenolic OH excluding ortho intramolecular Hbond substituents is 1. The average molecular weight is 397 g/mol. The van der Waals surface area contributed by atoms with Gasteiger partial charge in [0, 0.05) is 37.9 Å². The lowest BCUT2D eigenvalue weighted by Gasteiger charge is -2.34. The number of hydrogen-bond acceptors (Lipinski definition) is 5. The molecule has 2 rings (SSSR count). The number of phenols is 1. The zero-order valence-corrected chi connectivity index (χ0v) is 15.7. The van der Waals surface area contributed by atoms with Gasteiger partial charge in [0.15, 0.2) is 0 Å². The third-order valence-electron chi connectivity index (χ3n) is 4.37. The number of piperidine rings is 1. The van der Waals surface area contributed by atoms with Crippen molar-refractivity contribution < 1.29 is 18.3 Å². The quantitative estimate of drug-likeness (QED) is 0.769. The Morgan fingerprint density at radius 1 is 1.33 bits per heavy atom. The van der Waals surface area contributed by atoms with Crippen molar-refractivity contribution >= 4 is 33.2 Å². The van der Waals surface area contributed by atoms with E-state index in [0.29, 0.717) is 36.5 Å². The number of nitrogens with zero attached hydrogens (tertiary/aromatic N) is 1. The summed E-state index contributed by atoms with van der Waals surface area (Å²) < 4.78 is 30.7. The maximum Gasteiger partial charge on any atom is 0.216 e. The summed E-state index contributed by atoms with van der Waals surface area (Å²) in [5.41, 5.74) is 6.81. The number of ether oxygens (including phenoxy) is 1. The summed E-state index contributed by atoms with van der Waals surface area (Å²) in [5.74, 6) is 0.0439. The Morgan fingerprint density at radius 3 is 2.50 bits per heavy atom. The molecule has 0 aliphatic carbocycles. The van der Waals surface area contributed by atoms with Gasteiger partial charge in [-0.3, -0.25) is 0 Å². The third-order valence-corrected chi connectivity index (χ3v) is 6.93. The van der Waals surface area contributed by atoms with Gasteiger partial charge in [0.1, 0.15) is 5.75 Å². The van der Waals surface area contributed by atoms with Crippen LogP contribution in [0, 0.1) is 5.92 Å². The minimum Gasteiger partial charge on any atom is -0.508 e. The largest absolute Gasteiger partial charge is 0.508 e. The number of sulfonamides is 1. The number of rotatable bonds is 6. The summed E-state index contributed by atoms with van der Waals surface area (Å²) in [6.45, 7) is 0.998. The van der Waals surface area contributed by atoms with Crippen molar-refractivity contribution in [3.8, 4) is 5.75 Å². The highest BCUT2D eigenvalue weighted by molar-refractivity contribution is 7.89. The number of halogens is 2. The van der Waals surface area contributed by atoms with E-state index in [9.17, 15) is 13.5 Å². The van der Waals surface area contributed by atoms with Crippen LogP contribution < -0.4 is 5.73 Å². The van der Waals surface area contributed by atoms with Crippen LogP contribution in [0.4, 0.5) is 0 Å². The van der Waals surface area contributed by atoms with E-state index in [1.807, 2.05) is 0 Å². The predicted molar refractivity (Wildman–Crippen MR) is 95.0 cm³/mol. The summed E-state index contributed by atoms with van der Waals surface area (Å²) in [7, 11) is -1.82. The lowest BCUT2D eigenvalue weighted by Crippen LogP contribution is -2.42. The molecule has 1 fully saturated rings. The van der Waals surface area contributed by atoms with Crippen molar-refractivity contribution in [2.24, 2.45) is 11.7 Å². The first-order valence-electron chi connectivity index (χ1n) is 7.66. The molecule has 1 aliphatic heterocycles. The van der Waals surface area contributed by atoms with Crippen molar-refractivity contribution in [1.82, 2.24) is 4.31 Å². The van der Waals surface area contributed by atoms with Crippen molar-refractivity contribution in [2.45, 2.75) is 18.9 Å². The van der Waals surface area contributed by atoms with Gasteiger partial charge in [-0.1, -0.05) is 23.2 Å². The molecule has 0 aromatic heterocycles. The van der Waals surface area contributed by atoms with E-state index >= 15 is 0 Å². The highest BCUT2D eigenvalue weighted by Gasteiger charge is 2.31. The normalized spacial score (nSPS) is 18.7. The second-order valence-corrected chi connectivity index (χ2v) is 8.80. The van der Waals surface area contributed by atoms with Gasteiger partial charge >= 0.3 is 0 Å². The Hall–Kier alpha value is -0.570. The van der Waals surface area contributed by atoms with Gasteiger partial charge in [-0.25, -0.2) is 12.7 Å². The standard InChI is InChI=1S/C15H22Cl2N2O4S/c1-23-6-7-24(21,22)19-4-2-10(3-5-19)15(18)11-8-12(16)13(17)9-14(11)20/h8-10,15,20H,2-7,18H2,1H3. The molecule has 0 bridgehead atoms. The molecule has 9 heteroatoms. The van der Waals surface area contributed by atoms with Gasteiger partial charge in [0.2, 0.25) is 10.0 Å². The highest BCUT2D eigenvalue weighted by atomic mass is 35.5. The maximum absolute atomic E-state index is 12.2. The Kier molecular flexibility index (Phi) is 6.75. The Labute approximate surface area is 152 Å². The Morgan fingerprint density at radius 2 is 1.92 bits per heavy atom. The molecule has 1 heterocycles. The third kappa shape index (κ3) is 4.53. The maximum atomic E-state index is 12.2. The van der Waals surface area contributed by atoms with Gasteiger partial charge in [0.05, 0.1) is 22.4 Å². The lowest BCUT2D eigenvalue weighted by molar-refractivity contribution is 0.211. The molecule has 24 heavy (non-hydrogen) atoms. The van der Waals surface area contributed by atoms with Crippen molar-refractivity contribution in [1.29, 1.82) is 0 Å². The first-order chi connectivity index (χ1) is 11.3. The van der Waals surface area contributed by atoms with E-state index in [2.05, 4.69) is 0 Å². The summed E-state index contributed by atoms with van der Waals surface area (Å²) in [5, 5.41) is 10.7. The first-order valence-corrected chi connectivity index (χ1v) is 10.0. The second-order valence-electron chi connectivity index (χ2n) is 5.90. The number of nitrogens with two attached hydrogens (primary N) is 1. The molecule has 1 aliphatic rings. The number of aromatic hydroxyl groups is 1. The summed E-state index contributed by atoms with van der Waals surface area (Å²) in [6, 6.07) is 2.53. The highest BCUT2D eigenvalue weighted by Crippen LogP contribution is 2.38. The molecule has 6 nitrogen and oxygen atoms in total. The topological polar surface area (TPSA) is 92.9 Å². The Bertz CT molecular complexity index is 676. The molecule has 1 saturated heterocycles. The fraction of sp³-hybridized carbons (Fsp3) is 0.600. The Balaban J connectivity index is 2.03. The monoisotopic (exact) mass is 396 g/mol. The van der Waals surface area contributed by atoms with Crippen LogP contribution in [-0.4, -0.2) is 50.4 Å². The van der Waals surface area contributed by atoms with Crippen LogP contribution >= 0.6 is 23.2 Å².